The third kappa shape index (κ3) is 5.30. The number of sulfonamides is 1. The molecule has 0 atom stereocenters. The van der Waals surface area contributed by atoms with Gasteiger partial charge in [-0.1, -0.05) is 0 Å². The molecule has 0 radical (unpaired) electrons. The largest absolute Gasteiger partial charge is 0.368 e. The van der Waals surface area contributed by atoms with Crippen LogP contribution in [-0.4, -0.2) is 56.9 Å². The molecule has 160 valence electrons. The fourth-order valence-corrected chi connectivity index (χ4v) is 4.18. The van der Waals surface area contributed by atoms with Gasteiger partial charge in [0, 0.05) is 57.0 Å². The standard InChI is InChI=1S/C19H21FN4O5S/c20-15-1-7-18(8-2-15)30(28,29)21-10-9-19(25)23-13-11-22(12-14-23)16-3-5-17(6-4-16)24(26)27/h1-8,21H,9-14H2. The third-order valence-corrected chi connectivity index (χ3v) is 6.29. The lowest BCUT2D eigenvalue weighted by molar-refractivity contribution is -0.384. The Kier molecular flexibility index (Phi) is 6.63. The van der Waals surface area contributed by atoms with E-state index in [0.717, 1.165) is 30.0 Å². The number of nitro benzene ring substituents is 1. The number of piperazine rings is 1. The number of nitrogens with one attached hydrogen (secondary N) is 1. The predicted octanol–water partition coefficient (Wildman–Crippen LogP) is 1.75. The van der Waals surface area contributed by atoms with Crippen molar-refractivity contribution in [2.75, 3.05) is 37.6 Å². The van der Waals surface area contributed by atoms with Crippen molar-refractivity contribution in [1.29, 1.82) is 0 Å². The van der Waals surface area contributed by atoms with Gasteiger partial charge in [-0.25, -0.2) is 17.5 Å². The molecular weight excluding hydrogens is 415 g/mol. The van der Waals surface area contributed by atoms with Gasteiger partial charge in [-0.2, -0.15) is 0 Å². The highest BCUT2D eigenvalue weighted by Crippen LogP contribution is 2.20. The van der Waals surface area contributed by atoms with Crippen molar-refractivity contribution < 1.29 is 22.5 Å². The molecule has 0 saturated carbocycles. The van der Waals surface area contributed by atoms with E-state index in [9.17, 15) is 27.7 Å². The van der Waals surface area contributed by atoms with Crippen LogP contribution in [0.5, 0.6) is 0 Å². The Morgan fingerprint density at radius 2 is 1.63 bits per heavy atom. The van der Waals surface area contributed by atoms with E-state index in [1.54, 1.807) is 17.0 Å². The van der Waals surface area contributed by atoms with Gasteiger partial charge in [0.05, 0.1) is 9.82 Å². The Bertz CT molecular complexity index is 1000. The summed E-state index contributed by atoms with van der Waals surface area (Å²) in [6, 6.07) is 10.7. The van der Waals surface area contributed by atoms with Crippen LogP contribution >= 0.6 is 0 Å². The summed E-state index contributed by atoms with van der Waals surface area (Å²) in [7, 11) is -3.80. The van der Waals surface area contributed by atoms with Gasteiger partial charge in [-0.3, -0.25) is 14.9 Å². The molecule has 1 aliphatic rings. The molecule has 1 fully saturated rings. The van der Waals surface area contributed by atoms with Crippen LogP contribution in [0.15, 0.2) is 53.4 Å². The van der Waals surface area contributed by atoms with Gasteiger partial charge in [0.25, 0.3) is 5.69 Å². The zero-order valence-corrected chi connectivity index (χ0v) is 16.8. The monoisotopic (exact) mass is 436 g/mol. The predicted molar refractivity (Wildman–Crippen MR) is 108 cm³/mol. The van der Waals surface area contributed by atoms with Crippen molar-refractivity contribution in [3.63, 3.8) is 0 Å². The zero-order valence-electron chi connectivity index (χ0n) is 16.0. The molecule has 3 rings (SSSR count). The maximum atomic E-state index is 12.9. The lowest BCUT2D eigenvalue weighted by Gasteiger charge is -2.36. The molecule has 0 unspecified atom stereocenters. The fraction of sp³-hybridized carbons (Fsp3) is 0.316. The highest BCUT2D eigenvalue weighted by atomic mass is 32.2. The highest BCUT2D eigenvalue weighted by molar-refractivity contribution is 7.89. The normalized spacial score (nSPS) is 14.6. The minimum atomic E-state index is -3.80. The number of nitro groups is 1. The first-order chi connectivity index (χ1) is 14.3. The minimum absolute atomic E-state index is 0.0119. The number of hydrogen-bond acceptors (Lipinski definition) is 6. The van der Waals surface area contributed by atoms with Crippen LogP contribution < -0.4 is 9.62 Å². The summed E-state index contributed by atoms with van der Waals surface area (Å²) >= 11 is 0. The Hall–Kier alpha value is -3.05. The maximum Gasteiger partial charge on any atom is 0.269 e. The van der Waals surface area contributed by atoms with Crippen molar-refractivity contribution in [3.05, 3.63) is 64.5 Å². The van der Waals surface area contributed by atoms with E-state index in [-0.39, 0.29) is 29.5 Å². The molecule has 2 aromatic rings. The van der Waals surface area contributed by atoms with E-state index < -0.39 is 20.8 Å². The molecule has 11 heteroatoms. The lowest BCUT2D eigenvalue weighted by Crippen LogP contribution is -2.49. The summed E-state index contributed by atoms with van der Waals surface area (Å²) in [4.78, 5) is 26.3. The molecule has 0 bridgehead atoms. The Labute approximate surface area is 173 Å². The number of nitrogens with zero attached hydrogens (tertiary/aromatic N) is 3. The molecule has 1 amide bonds. The number of halogens is 1. The first-order valence-corrected chi connectivity index (χ1v) is 10.8. The van der Waals surface area contributed by atoms with Crippen LogP contribution in [0.25, 0.3) is 0 Å². The quantitative estimate of drug-likeness (QED) is 0.523. The maximum absolute atomic E-state index is 12.9. The number of hydrogen-bond donors (Lipinski definition) is 1. The Balaban J connectivity index is 1.46. The molecular formula is C19H21FN4O5S. The number of benzene rings is 2. The summed E-state index contributed by atoms with van der Waals surface area (Å²) in [6.45, 7) is 2.04. The first-order valence-electron chi connectivity index (χ1n) is 9.29. The van der Waals surface area contributed by atoms with Gasteiger partial charge < -0.3 is 9.80 Å². The van der Waals surface area contributed by atoms with Crippen molar-refractivity contribution in [2.45, 2.75) is 11.3 Å². The van der Waals surface area contributed by atoms with Crippen LogP contribution in [0.3, 0.4) is 0 Å². The van der Waals surface area contributed by atoms with Gasteiger partial charge in [0.2, 0.25) is 15.9 Å². The molecule has 30 heavy (non-hydrogen) atoms. The second-order valence-electron chi connectivity index (χ2n) is 6.74. The topological polar surface area (TPSA) is 113 Å². The van der Waals surface area contributed by atoms with E-state index in [2.05, 4.69) is 4.72 Å². The number of amides is 1. The average molecular weight is 436 g/mol. The van der Waals surface area contributed by atoms with E-state index in [4.69, 9.17) is 0 Å². The van der Waals surface area contributed by atoms with E-state index in [0.29, 0.717) is 26.2 Å². The van der Waals surface area contributed by atoms with Gasteiger partial charge >= 0.3 is 0 Å². The SMILES string of the molecule is O=C(CCNS(=O)(=O)c1ccc(F)cc1)N1CCN(c2ccc([N+](=O)[O-])cc2)CC1. The summed E-state index contributed by atoms with van der Waals surface area (Å²) in [5.74, 6) is -0.697. The molecule has 0 aliphatic carbocycles. The highest BCUT2D eigenvalue weighted by Gasteiger charge is 2.22. The molecule has 0 spiro atoms. The first kappa shape index (κ1) is 21.7. The summed E-state index contributed by atoms with van der Waals surface area (Å²) in [5, 5.41) is 10.7. The number of carbonyl (C=O) groups excluding carboxylic acids is 1. The van der Waals surface area contributed by atoms with Crippen LogP contribution in [-0.2, 0) is 14.8 Å². The second-order valence-corrected chi connectivity index (χ2v) is 8.51. The van der Waals surface area contributed by atoms with Crippen LogP contribution in [0.4, 0.5) is 15.8 Å². The van der Waals surface area contributed by atoms with Gasteiger partial charge in [-0.15, -0.1) is 0 Å². The van der Waals surface area contributed by atoms with Crippen LogP contribution in [0.1, 0.15) is 6.42 Å². The fourth-order valence-electron chi connectivity index (χ4n) is 3.15. The molecule has 9 nitrogen and oxygen atoms in total. The Morgan fingerprint density at radius 1 is 1.03 bits per heavy atom. The molecule has 1 saturated heterocycles. The van der Waals surface area contributed by atoms with Crippen molar-refractivity contribution in [3.8, 4) is 0 Å². The van der Waals surface area contributed by atoms with E-state index >= 15 is 0 Å². The van der Waals surface area contributed by atoms with E-state index in [1.807, 2.05) is 4.90 Å². The van der Waals surface area contributed by atoms with Crippen molar-refractivity contribution in [2.24, 2.45) is 0 Å². The third-order valence-electron chi connectivity index (χ3n) is 4.81. The summed E-state index contributed by atoms with van der Waals surface area (Å²) < 4.78 is 39.6. The minimum Gasteiger partial charge on any atom is -0.368 e. The van der Waals surface area contributed by atoms with Gasteiger partial charge in [0.1, 0.15) is 5.82 Å². The second kappa shape index (κ2) is 9.18. The smallest absolute Gasteiger partial charge is 0.269 e. The molecule has 1 heterocycles. The molecule has 2 aromatic carbocycles. The van der Waals surface area contributed by atoms with Gasteiger partial charge in [0.15, 0.2) is 0 Å². The summed E-state index contributed by atoms with van der Waals surface area (Å²) in [5.41, 5.74) is 0.871. The van der Waals surface area contributed by atoms with Crippen LogP contribution in [0, 0.1) is 15.9 Å². The number of rotatable bonds is 7. The van der Waals surface area contributed by atoms with Crippen molar-refractivity contribution in [1.82, 2.24) is 9.62 Å². The number of anilines is 1. The van der Waals surface area contributed by atoms with Crippen LogP contribution in [0.2, 0.25) is 0 Å². The lowest BCUT2D eigenvalue weighted by atomic mass is 10.2. The number of carbonyl (C=O) groups is 1. The Morgan fingerprint density at radius 3 is 2.20 bits per heavy atom. The summed E-state index contributed by atoms with van der Waals surface area (Å²) in [6.07, 6.45) is 0.0119. The van der Waals surface area contributed by atoms with Gasteiger partial charge in [-0.05, 0) is 36.4 Å². The molecule has 1 aliphatic heterocycles. The molecule has 1 N–H and O–H groups in total. The average Bonchev–Trinajstić information content (AvgIpc) is 2.74. The molecule has 0 aromatic heterocycles. The van der Waals surface area contributed by atoms with E-state index in [1.165, 1.54) is 12.1 Å². The number of non-ortho nitro benzene ring substituents is 1. The zero-order chi connectivity index (χ0) is 21.7. The van der Waals surface area contributed by atoms with Crippen molar-refractivity contribution >= 4 is 27.3 Å².